The molecule has 2 aromatic carbocycles. The van der Waals surface area contributed by atoms with Crippen LogP contribution in [0.15, 0.2) is 47.5 Å². The Hall–Kier alpha value is -3.22. The van der Waals surface area contributed by atoms with E-state index in [4.69, 9.17) is 15.2 Å². The van der Waals surface area contributed by atoms with Crippen molar-refractivity contribution in [2.75, 3.05) is 20.3 Å². The van der Waals surface area contributed by atoms with Gasteiger partial charge in [-0.15, -0.1) is 0 Å². The second-order valence-corrected chi connectivity index (χ2v) is 6.23. The van der Waals surface area contributed by atoms with Crippen LogP contribution in [0.1, 0.15) is 23.6 Å². The van der Waals surface area contributed by atoms with E-state index in [1.807, 2.05) is 38.1 Å². The number of nitrogens with zero attached hydrogens (tertiary/aromatic N) is 1. The van der Waals surface area contributed by atoms with E-state index in [1.165, 1.54) is 0 Å². The van der Waals surface area contributed by atoms with Crippen molar-refractivity contribution >= 4 is 11.9 Å². The van der Waals surface area contributed by atoms with Crippen molar-refractivity contribution in [3.63, 3.8) is 0 Å². The minimum absolute atomic E-state index is 0.140. The average molecular weight is 384 g/mol. The van der Waals surface area contributed by atoms with Crippen molar-refractivity contribution < 1.29 is 14.3 Å². The summed E-state index contributed by atoms with van der Waals surface area (Å²) in [6, 6.07) is 13.6. The molecule has 7 heteroatoms. The number of amides is 1. The highest BCUT2D eigenvalue weighted by Gasteiger charge is 2.06. The number of carbonyl (C=O) groups excluding carboxylic acids is 1. The van der Waals surface area contributed by atoms with Gasteiger partial charge in [-0.1, -0.05) is 24.3 Å². The van der Waals surface area contributed by atoms with E-state index in [1.54, 1.807) is 13.1 Å². The van der Waals surface area contributed by atoms with Crippen molar-refractivity contribution in [3.05, 3.63) is 59.2 Å². The molecule has 7 nitrogen and oxygen atoms in total. The fourth-order valence-electron chi connectivity index (χ4n) is 2.58. The SMILES string of the molecule is CCOc1cc(C)ccc1CNC(=NC)NCc1cccc(OCC(N)=O)c1. The second kappa shape index (κ2) is 10.8. The third-order valence-corrected chi connectivity index (χ3v) is 3.93. The van der Waals surface area contributed by atoms with Crippen LogP contribution in [0.3, 0.4) is 0 Å². The Kier molecular flexibility index (Phi) is 8.14. The smallest absolute Gasteiger partial charge is 0.255 e. The molecule has 1 amide bonds. The largest absolute Gasteiger partial charge is 0.494 e. The highest BCUT2D eigenvalue weighted by Crippen LogP contribution is 2.20. The van der Waals surface area contributed by atoms with E-state index in [-0.39, 0.29) is 6.61 Å². The number of ether oxygens (including phenoxy) is 2. The number of aliphatic imine (C=N–C) groups is 1. The number of benzene rings is 2. The first kappa shape index (κ1) is 21.1. The molecule has 4 N–H and O–H groups in total. The molecule has 0 aliphatic heterocycles. The lowest BCUT2D eigenvalue weighted by Crippen LogP contribution is -2.36. The predicted molar refractivity (Wildman–Crippen MR) is 111 cm³/mol. The summed E-state index contributed by atoms with van der Waals surface area (Å²) >= 11 is 0. The van der Waals surface area contributed by atoms with E-state index in [0.29, 0.717) is 31.4 Å². The summed E-state index contributed by atoms with van der Waals surface area (Å²) in [6.45, 7) is 5.65. The minimum atomic E-state index is -0.504. The van der Waals surface area contributed by atoms with Crippen LogP contribution in [-0.4, -0.2) is 32.1 Å². The Morgan fingerprint density at radius 1 is 1.11 bits per heavy atom. The predicted octanol–water partition coefficient (Wildman–Crippen LogP) is 2.12. The van der Waals surface area contributed by atoms with Crippen LogP contribution in [0.2, 0.25) is 0 Å². The van der Waals surface area contributed by atoms with Crippen LogP contribution in [0.5, 0.6) is 11.5 Å². The molecule has 0 saturated carbocycles. The topological polar surface area (TPSA) is 98.0 Å². The van der Waals surface area contributed by atoms with Crippen molar-refractivity contribution in [2.24, 2.45) is 10.7 Å². The number of guanidine groups is 1. The highest BCUT2D eigenvalue weighted by atomic mass is 16.5. The Bertz CT molecular complexity index is 821. The van der Waals surface area contributed by atoms with Crippen molar-refractivity contribution in [3.8, 4) is 11.5 Å². The number of hydrogen-bond donors (Lipinski definition) is 3. The van der Waals surface area contributed by atoms with Crippen LogP contribution >= 0.6 is 0 Å². The number of aryl methyl sites for hydroxylation is 1. The first-order chi connectivity index (χ1) is 13.5. The lowest BCUT2D eigenvalue weighted by atomic mass is 10.1. The minimum Gasteiger partial charge on any atom is -0.494 e. The molecule has 0 aliphatic carbocycles. The molecule has 0 spiro atoms. The number of hydrogen-bond acceptors (Lipinski definition) is 4. The van der Waals surface area contributed by atoms with E-state index < -0.39 is 5.91 Å². The lowest BCUT2D eigenvalue weighted by Gasteiger charge is -2.15. The van der Waals surface area contributed by atoms with Gasteiger partial charge in [0.05, 0.1) is 6.61 Å². The number of nitrogens with two attached hydrogens (primary N) is 1. The maximum absolute atomic E-state index is 10.8. The molecule has 0 atom stereocenters. The zero-order valence-electron chi connectivity index (χ0n) is 16.6. The zero-order valence-corrected chi connectivity index (χ0v) is 16.6. The van der Waals surface area contributed by atoms with Crippen LogP contribution in [-0.2, 0) is 17.9 Å². The average Bonchev–Trinajstić information content (AvgIpc) is 2.68. The fraction of sp³-hybridized carbons (Fsp3) is 0.333. The quantitative estimate of drug-likeness (QED) is 0.454. The Labute approximate surface area is 165 Å². The van der Waals surface area contributed by atoms with Crippen LogP contribution < -0.4 is 25.8 Å². The number of rotatable bonds is 9. The first-order valence-corrected chi connectivity index (χ1v) is 9.18. The maximum Gasteiger partial charge on any atom is 0.255 e. The summed E-state index contributed by atoms with van der Waals surface area (Å²) in [7, 11) is 1.72. The van der Waals surface area contributed by atoms with Gasteiger partial charge in [-0.3, -0.25) is 9.79 Å². The normalized spacial score (nSPS) is 11.0. The number of primary amides is 1. The van der Waals surface area contributed by atoms with Crippen LogP contribution in [0.25, 0.3) is 0 Å². The van der Waals surface area contributed by atoms with E-state index in [0.717, 1.165) is 22.4 Å². The molecule has 0 radical (unpaired) electrons. The summed E-state index contributed by atoms with van der Waals surface area (Å²) < 4.78 is 11.0. The highest BCUT2D eigenvalue weighted by molar-refractivity contribution is 5.79. The van der Waals surface area contributed by atoms with Gasteiger partial charge in [-0.05, 0) is 43.2 Å². The monoisotopic (exact) mass is 384 g/mol. The molecule has 28 heavy (non-hydrogen) atoms. The molecule has 0 bridgehead atoms. The molecule has 0 saturated heterocycles. The van der Waals surface area contributed by atoms with Gasteiger partial charge < -0.3 is 25.8 Å². The van der Waals surface area contributed by atoms with Crippen molar-refractivity contribution in [1.29, 1.82) is 0 Å². The lowest BCUT2D eigenvalue weighted by molar-refractivity contribution is -0.119. The van der Waals surface area contributed by atoms with Gasteiger partial charge in [0.2, 0.25) is 0 Å². The van der Waals surface area contributed by atoms with Gasteiger partial charge in [0, 0.05) is 25.7 Å². The Morgan fingerprint density at radius 3 is 2.61 bits per heavy atom. The van der Waals surface area contributed by atoms with Gasteiger partial charge in [-0.2, -0.15) is 0 Å². The molecule has 0 fully saturated rings. The molecule has 0 heterocycles. The molecular formula is C21H28N4O3. The number of nitrogens with one attached hydrogen (secondary N) is 2. The van der Waals surface area contributed by atoms with Crippen molar-refractivity contribution in [1.82, 2.24) is 10.6 Å². The molecular weight excluding hydrogens is 356 g/mol. The van der Waals surface area contributed by atoms with E-state index >= 15 is 0 Å². The Balaban J connectivity index is 1.92. The molecule has 2 aromatic rings. The van der Waals surface area contributed by atoms with Gasteiger partial charge in [-0.25, -0.2) is 0 Å². The molecule has 0 aliphatic rings. The van der Waals surface area contributed by atoms with Gasteiger partial charge >= 0.3 is 0 Å². The summed E-state index contributed by atoms with van der Waals surface area (Å²) in [6.07, 6.45) is 0. The third-order valence-electron chi connectivity index (χ3n) is 3.93. The van der Waals surface area contributed by atoms with Crippen molar-refractivity contribution in [2.45, 2.75) is 26.9 Å². The Morgan fingerprint density at radius 2 is 1.89 bits per heavy atom. The molecule has 0 unspecified atom stereocenters. The third kappa shape index (κ3) is 6.83. The summed E-state index contributed by atoms with van der Waals surface area (Å²) in [4.78, 5) is 15.1. The van der Waals surface area contributed by atoms with E-state index in [9.17, 15) is 4.79 Å². The first-order valence-electron chi connectivity index (χ1n) is 9.18. The van der Waals surface area contributed by atoms with Gasteiger partial charge in [0.25, 0.3) is 5.91 Å². The summed E-state index contributed by atoms with van der Waals surface area (Å²) in [5.74, 6) is 1.65. The van der Waals surface area contributed by atoms with Crippen LogP contribution in [0.4, 0.5) is 0 Å². The van der Waals surface area contributed by atoms with Gasteiger partial charge in [0.15, 0.2) is 12.6 Å². The molecule has 2 rings (SSSR count). The summed E-state index contributed by atoms with van der Waals surface area (Å²) in [5.41, 5.74) is 8.33. The fourth-order valence-corrected chi connectivity index (χ4v) is 2.58. The molecule has 0 aromatic heterocycles. The maximum atomic E-state index is 10.8. The number of carbonyl (C=O) groups is 1. The zero-order chi connectivity index (χ0) is 20.4. The second-order valence-electron chi connectivity index (χ2n) is 6.23. The van der Waals surface area contributed by atoms with Crippen LogP contribution in [0, 0.1) is 6.92 Å². The summed E-state index contributed by atoms with van der Waals surface area (Å²) in [5, 5.41) is 6.56. The van der Waals surface area contributed by atoms with Gasteiger partial charge in [0.1, 0.15) is 11.5 Å². The molecule has 150 valence electrons. The van der Waals surface area contributed by atoms with E-state index in [2.05, 4.69) is 27.8 Å². The standard InChI is InChI=1S/C21H28N4O3/c1-4-27-19-10-15(2)8-9-17(19)13-25-21(23-3)24-12-16-6-5-7-18(11-16)28-14-20(22)26/h5-11H,4,12-14H2,1-3H3,(H2,22,26)(H2,23,24,25).